The molecule has 0 aliphatic carbocycles. The minimum Gasteiger partial charge on any atom is -0.489 e. The van der Waals surface area contributed by atoms with Crippen molar-refractivity contribution in [1.82, 2.24) is 0 Å². The van der Waals surface area contributed by atoms with Gasteiger partial charge in [0.1, 0.15) is 24.0 Å². The van der Waals surface area contributed by atoms with Crippen LogP contribution < -0.4 is 10.5 Å². The Balaban J connectivity index is 2.18. The highest BCUT2D eigenvalue weighted by atomic mass is 35.5. The first-order chi connectivity index (χ1) is 9.45. The normalized spacial score (nSPS) is 12.2. The van der Waals surface area contributed by atoms with Gasteiger partial charge in [0, 0.05) is 22.7 Å². The van der Waals surface area contributed by atoms with Gasteiger partial charge in [-0.15, -0.1) is 0 Å². The Hall–Kier alpha value is -1.65. The highest BCUT2D eigenvalue weighted by molar-refractivity contribution is 6.30. The monoisotopic (exact) mass is 297 g/mol. The lowest BCUT2D eigenvalue weighted by atomic mass is 10.1. The lowest BCUT2D eigenvalue weighted by Gasteiger charge is -2.14. The summed E-state index contributed by atoms with van der Waals surface area (Å²) in [6.07, 6.45) is 0. The van der Waals surface area contributed by atoms with Gasteiger partial charge in [-0.1, -0.05) is 11.6 Å². The molecule has 20 heavy (non-hydrogen) atoms. The van der Waals surface area contributed by atoms with Crippen molar-refractivity contribution >= 4 is 11.6 Å². The second-order valence-corrected chi connectivity index (χ2v) is 4.97. The van der Waals surface area contributed by atoms with E-state index in [0.29, 0.717) is 16.3 Å². The quantitative estimate of drug-likeness (QED) is 0.917. The summed E-state index contributed by atoms with van der Waals surface area (Å²) in [5.74, 6) is -0.715. The van der Waals surface area contributed by atoms with Gasteiger partial charge >= 0.3 is 0 Å². The Morgan fingerprint density at radius 3 is 2.40 bits per heavy atom. The molecule has 2 N–H and O–H groups in total. The Kier molecular flexibility index (Phi) is 4.57. The van der Waals surface area contributed by atoms with Gasteiger partial charge in [0.25, 0.3) is 0 Å². The summed E-state index contributed by atoms with van der Waals surface area (Å²) < 4.78 is 31.7. The zero-order valence-electron chi connectivity index (χ0n) is 10.9. The molecular formula is C15H14ClF2NO. The third-order valence-electron chi connectivity index (χ3n) is 2.78. The van der Waals surface area contributed by atoms with E-state index in [2.05, 4.69) is 0 Å². The van der Waals surface area contributed by atoms with Crippen LogP contribution in [0.1, 0.15) is 24.1 Å². The third kappa shape index (κ3) is 3.68. The zero-order valence-corrected chi connectivity index (χ0v) is 11.6. The minimum atomic E-state index is -0.632. The van der Waals surface area contributed by atoms with Crippen molar-refractivity contribution in [3.63, 3.8) is 0 Å². The van der Waals surface area contributed by atoms with Crippen LogP contribution in [0.5, 0.6) is 5.75 Å². The fourth-order valence-electron chi connectivity index (χ4n) is 1.86. The van der Waals surface area contributed by atoms with E-state index in [1.54, 1.807) is 25.1 Å². The molecule has 0 saturated carbocycles. The molecule has 0 heterocycles. The van der Waals surface area contributed by atoms with E-state index >= 15 is 0 Å². The number of hydrogen-bond donors (Lipinski definition) is 1. The Morgan fingerprint density at radius 1 is 1.15 bits per heavy atom. The molecule has 0 aliphatic rings. The van der Waals surface area contributed by atoms with Crippen molar-refractivity contribution in [2.45, 2.75) is 19.6 Å². The standard InChI is InChI=1S/C15H14ClF2NO/c1-9(19)14-6-11(16)2-3-15(14)20-8-10-4-12(17)7-13(18)5-10/h2-7,9H,8,19H2,1H3/t9-/m1/s1. The first-order valence-electron chi connectivity index (χ1n) is 6.08. The van der Waals surface area contributed by atoms with Crippen LogP contribution in [0.2, 0.25) is 5.02 Å². The first-order valence-corrected chi connectivity index (χ1v) is 6.46. The summed E-state index contributed by atoms with van der Waals surface area (Å²) in [7, 11) is 0. The van der Waals surface area contributed by atoms with Crippen molar-refractivity contribution in [1.29, 1.82) is 0 Å². The molecule has 2 nitrogen and oxygen atoms in total. The molecule has 106 valence electrons. The molecule has 0 saturated heterocycles. The van der Waals surface area contributed by atoms with Gasteiger partial charge in [-0.3, -0.25) is 0 Å². The molecule has 0 aliphatic heterocycles. The van der Waals surface area contributed by atoms with E-state index in [9.17, 15) is 8.78 Å². The SMILES string of the molecule is C[C@@H](N)c1cc(Cl)ccc1OCc1cc(F)cc(F)c1. The van der Waals surface area contributed by atoms with Gasteiger partial charge < -0.3 is 10.5 Å². The molecule has 5 heteroatoms. The average Bonchev–Trinajstić information content (AvgIpc) is 2.36. The molecule has 2 aromatic rings. The smallest absolute Gasteiger partial charge is 0.126 e. The van der Waals surface area contributed by atoms with Crippen LogP contribution in [0, 0.1) is 11.6 Å². The molecule has 0 radical (unpaired) electrons. The van der Waals surface area contributed by atoms with Gasteiger partial charge in [0.15, 0.2) is 0 Å². The predicted octanol–water partition coefficient (Wildman–Crippen LogP) is 4.22. The summed E-state index contributed by atoms with van der Waals surface area (Å²) in [4.78, 5) is 0. The highest BCUT2D eigenvalue weighted by Crippen LogP contribution is 2.28. The molecule has 0 amide bonds. The van der Waals surface area contributed by atoms with Crippen LogP contribution in [0.15, 0.2) is 36.4 Å². The lowest BCUT2D eigenvalue weighted by molar-refractivity contribution is 0.300. The number of nitrogens with two attached hydrogens (primary N) is 1. The topological polar surface area (TPSA) is 35.2 Å². The van der Waals surface area contributed by atoms with E-state index in [-0.39, 0.29) is 12.6 Å². The Bertz CT molecular complexity index is 597. The maximum atomic E-state index is 13.1. The van der Waals surface area contributed by atoms with Gasteiger partial charge in [-0.25, -0.2) is 8.78 Å². The second kappa shape index (κ2) is 6.20. The van der Waals surface area contributed by atoms with Crippen LogP contribution in [-0.2, 0) is 6.61 Å². The van der Waals surface area contributed by atoms with E-state index in [4.69, 9.17) is 22.1 Å². The lowest BCUT2D eigenvalue weighted by Crippen LogP contribution is -2.08. The largest absolute Gasteiger partial charge is 0.489 e. The molecule has 0 aromatic heterocycles. The molecular weight excluding hydrogens is 284 g/mol. The van der Waals surface area contributed by atoms with Gasteiger partial charge in [0.05, 0.1) is 0 Å². The molecule has 0 unspecified atom stereocenters. The molecule has 1 atom stereocenters. The van der Waals surface area contributed by atoms with Crippen LogP contribution >= 0.6 is 11.6 Å². The van der Waals surface area contributed by atoms with Gasteiger partial charge in [-0.05, 0) is 42.8 Å². The zero-order chi connectivity index (χ0) is 14.7. The van der Waals surface area contributed by atoms with Crippen molar-refractivity contribution < 1.29 is 13.5 Å². The van der Waals surface area contributed by atoms with Crippen molar-refractivity contribution in [2.24, 2.45) is 5.73 Å². The summed E-state index contributed by atoms with van der Waals surface area (Å²) in [5.41, 5.74) is 7.00. The Labute approximate surface area is 121 Å². The van der Waals surface area contributed by atoms with Crippen LogP contribution in [-0.4, -0.2) is 0 Å². The minimum absolute atomic E-state index is 0.0516. The Morgan fingerprint density at radius 2 is 1.80 bits per heavy atom. The fraction of sp³-hybridized carbons (Fsp3) is 0.200. The van der Waals surface area contributed by atoms with Crippen molar-refractivity contribution in [2.75, 3.05) is 0 Å². The van der Waals surface area contributed by atoms with Gasteiger partial charge in [-0.2, -0.15) is 0 Å². The van der Waals surface area contributed by atoms with Gasteiger partial charge in [0.2, 0.25) is 0 Å². The van der Waals surface area contributed by atoms with Crippen LogP contribution in [0.3, 0.4) is 0 Å². The summed E-state index contributed by atoms with van der Waals surface area (Å²) in [6.45, 7) is 1.86. The maximum Gasteiger partial charge on any atom is 0.126 e. The molecule has 0 fully saturated rings. The van der Waals surface area contributed by atoms with E-state index in [1.807, 2.05) is 0 Å². The predicted molar refractivity (Wildman–Crippen MR) is 74.7 cm³/mol. The number of ether oxygens (including phenoxy) is 1. The molecule has 0 bridgehead atoms. The fourth-order valence-corrected chi connectivity index (χ4v) is 2.04. The summed E-state index contributed by atoms with van der Waals surface area (Å²) in [6, 6.07) is 8.10. The molecule has 2 rings (SSSR count). The first kappa shape index (κ1) is 14.8. The van der Waals surface area contributed by atoms with E-state index in [1.165, 1.54) is 12.1 Å². The van der Waals surface area contributed by atoms with Crippen LogP contribution in [0.4, 0.5) is 8.78 Å². The highest BCUT2D eigenvalue weighted by Gasteiger charge is 2.10. The average molecular weight is 298 g/mol. The van der Waals surface area contributed by atoms with Crippen molar-refractivity contribution in [3.05, 3.63) is 64.2 Å². The van der Waals surface area contributed by atoms with E-state index < -0.39 is 11.6 Å². The second-order valence-electron chi connectivity index (χ2n) is 4.54. The van der Waals surface area contributed by atoms with E-state index in [0.717, 1.165) is 11.6 Å². The number of halogens is 3. The number of benzene rings is 2. The third-order valence-corrected chi connectivity index (χ3v) is 3.01. The number of rotatable bonds is 4. The molecule has 2 aromatic carbocycles. The summed E-state index contributed by atoms with van der Waals surface area (Å²) >= 11 is 5.91. The van der Waals surface area contributed by atoms with Crippen molar-refractivity contribution in [3.8, 4) is 5.75 Å². The maximum absolute atomic E-state index is 13.1. The number of hydrogen-bond acceptors (Lipinski definition) is 2. The molecule has 0 spiro atoms. The van der Waals surface area contributed by atoms with Crippen LogP contribution in [0.25, 0.3) is 0 Å². The summed E-state index contributed by atoms with van der Waals surface area (Å²) in [5, 5.41) is 0.557.